The highest BCUT2D eigenvalue weighted by Gasteiger charge is 2.26. The van der Waals surface area contributed by atoms with Crippen LogP contribution in [0.2, 0.25) is 0 Å². The lowest BCUT2D eigenvalue weighted by Gasteiger charge is -2.30. The number of aromatic nitrogens is 3. The maximum atomic E-state index is 12.4. The highest BCUT2D eigenvalue weighted by molar-refractivity contribution is 7.88. The summed E-state index contributed by atoms with van der Waals surface area (Å²) in [5, 5.41) is 7.33. The normalized spacial score (nSPS) is 16.6. The fraction of sp³-hybridized carbons (Fsp3) is 0.471. The number of rotatable bonds is 4. The summed E-state index contributed by atoms with van der Waals surface area (Å²) in [6, 6.07) is 5.42. The van der Waals surface area contributed by atoms with Gasteiger partial charge in [-0.3, -0.25) is 4.79 Å². The van der Waals surface area contributed by atoms with Crippen molar-refractivity contribution in [2.45, 2.75) is 32.7 Å². The third-order valence-electron chi connectivity index (χ3n) is 4.49. The van der Waals surface area contributed by atoms with E-state index >= 15 is 0 Å². The van der Waals surface area contributed by atoms with E-state index in [-0.39, 0.29) is 11.9 Å². The largest absolute Gasteiger partial charge is 0.349 e. The maximum absolute atomic E-state index is 12.4. The van der Waals surface area contributed by atoms with Crippen LogP contribution in [-0.2, 0) is 10.0 Å². The highest BCUT2D eigenvalue weighted by atomic mass is 32.2. The second-order valence-corrected chi connectivity index (χ2v) is 8.64. The van der Waals surface area contributed by atoms with Gasteiger partial charge < -0.3 is 5.32 Å². The third kappa shape index (κ3) is 4.10. The first-order valence-corrected chi connectivity index (χ1v) is 10.3. The molecule has 140 valence electrons. The maximum Gasteiger partial charge on any atom is 0.253 e. The standard InChI is InChI=1S/C17H23N5O3S/c1-12-10-13(2)22(20-12)16-5-4-14(11-18-16)17(23)19-15-6-8-21(9-7-15)26(3,24)25/h4-5,10-11,15H,6-9H2,1-3H3,(H,19,23). The lowest BCUT2D eigenvalue weighted by Crippen LogP contribution is -2.46. The number of carbonyl (C=O) groups is 1. The summed E-state index contributed by atoms with van der Waals surface area (Å²) in [6.45, 7) is 4.73. The molecule has 9 heteroatoms. The molecule has 3 heterocycles. The van der Waals surface area contributed by atoms with Crippen LogP contribution < -0.4 is 5.32 Å². The molecule has 26 heavy (non-hydrogen) atoms. The molecule has 0 radical (unpaired) electrons. The van der Waals surface area contributed by atoms with Crippen molar-refractivity contribution < 1.29 is 13.2 Å². The van der Waals surface area contributed by atoms with E-state index < -0.39 is 10.0 Å². The SMILES string of the molecule is Cc1cc(C)n(-c2ccc(C(=O)NC3CCN(S(C)(=O)=O)CC3)cn2)n1. The molecular weight excluding hydrogens is 354 g/mol. The van der Waals surface area contributed by atoms with E-state index in [1.54, 1.807) is 16.8 Å². The fourth-order valence-corrected chi connectivity index (χ4v) is 3.98. The molecule has 0 aliphatic carbocycles. The molecular formula is C17H23N5O3S. The van der Waals surface area contributed by atoms with Crippen LogP contribution in [0.15, 0.2) is 24.4 Å². The zero-order valence-electron chi connectivity index (χ0n) is 15.1. The van der Waals surface area contributed by atoms with E-state index in [2.05, 4.69) is 15.4 Å². The predicted octanol–water partition coefficient (Wildman–Crippen LogP) is 1.04. The monoisotopic (exact) mass is 377 g/mol. The molecule has 0 bridgehead atoms. The first-order chi connectivity index (χ1) is 12.2. The Kier molecular flexibility index (Phi) is 5.10. The van der Waals surface area contributed by atoms with Crippen LogP contribution in [0.5, 0.6) is 0 Å². The summed E-state index contributed by atoms with van der Waals surface area (Å²) in [5.74, 6) is 0.462. The smallest absolute Gasteiger partial charge is 0.253 e. The Bertz CT molecular complexity index is 897. The number of sulfonamides is 1. The van der Waals surface area contributed by atoms with Gasteiger partial charge in [-0.15, -0.1) is 0 Å². The van der Waals surface area contributed by atoms with Crippen molar-refractivity contribution in [3.8, 4) is 5.82 Å². The summed E-state index contributed by atoms with van der Waals surface area (Å²) in [5.41, 5.74) is 2.36. The summed E-state index contributed by atoms with van der Waals surface area (Å²) in [7, 11) is -3.16. The van der Waals surface area contributed by atoms with Crippen molar-refractivity contribution in [1.29, 1.82) is 0 Å². The van der Waals surface area contributed by atoms with Gasteiger partial charge in [0.25, 0.3) is 5.91 Å². The van der Waals surface area contributed by atoms with Gasteiger partial charge in [-0.25, -0.2) is 22.4 Å². The minimum atomic E-state index is -3.16. The van der Waals surface area contributed by atoms with Crippen LogP contribution in [0, 0.1) is 13.8 Å². The van der Waals surface area contributed by atoms with Gasteiger partial charge in [0.2, 0.25) is 10.0 Å². The number of nitrogens with zero attached hydrogens (tertiary/aromatic N) is 4. The Labute approximate surface area is 153 Å². The minimum absolute atomic E-state index is 0.0313. The molecule has 2 aromatic heterocycles. The Morgan fingerprint density at radius 3 is 2.42 bits per heavy atom. The van der Waals surface area contributed by atoms with Crippen molar-refractivity contribution in [3.05, 3.63) is 41.3 Å². The number of piperidine rings is 1. The second-order valence-electron chi connectivity index (χ2n) is 6.65. The molecule has 1 fully saturated rings. The molecule has 0 atom stereocenters. The van der Waals surface area contributed by atoms with Crippen molar-refractivity contribution in [3.63, 3.8) is 0 Å². The van der Waals surface area contributed by atoms with E-state index in [1.807, 2.05) is 19.9 Å². The summed E-state index contributed by atoms with van der Waals surface area (Å²) < 4.78 is 26.2. The van der Waals surface area contributed by atoms with Crippen LogP contribution >= 0.6 is 0 Å². The molecule has 8 nitrogen and oxygen atoms in total. The van der Waals surface area contributed by atoms with Crippen LogP contribution in [0.4, 0.5) is 0 Å². The first kappa shape index (κ1) is 18.5. The van der Waals surface area contributed by atoms with Gasteiger partial charge in [0.1, 0.15) is 0 Å². The van der Waals surface area contributed by atoms with E-state index in [4.69, 9.17) is 0 Å². The second kappa shape index (κ2) is 7.16. The Balaban J connectivity index is 1.62. The van der Waals surface area contributed by atoms with Gasteiger partial charge in [0.15, 0.2) is 5.82 Å². The van der Waals surface area contributed by atoms with E-state index in [1.165, 1.54) is 16.8 Å². The van der Waals surface area contributed by atoms with Crippen molar-refractivity contribution in [2.75, 3.05) is 19.3 Å². The molecule has 0 spiro atoms. The molecule has 0 unspecified atom stereocenters. The number of nitrogens with one attached hydrogen (secondary N) is 1. The molecule has 2 aromatic rings. The molecule has 1 aliphatic rings. The number of carbonyl (C=O) groups excluding carboxylic acids is 1. The summed E-state index contributed by atoms with van der Waals surface area (Å²) in [6.07, 6.45) is 3.96. The summed E-state index contributed by atoms with van der Waals surface area (Å²) in [4.78, 5) is 16.7. The third-order valence-corrected chi connectivity index (χ3v) is 5.80. The highest BCUT2D eigenvalue weighted by Crippen LogP contribution is 2.14. The number of hydrogen-bond acceptors (Lipinski definition) is 5. The van der Waals surface area contributed by atoms with Crippen LogP contribution in [0.1, 0.15) is 34.6 Å². The van der Waals surface area contributed by atoms with Crippen molar-refractivity contribution in [1.82, 2.24) is 24.4 Å². The Morgan fingerprint density at radius 2 is 1.92 bits per heavy atom. The number of hydrogen-bond donors (Lipinski definition) is 1. The zero-order chi connectivity index (χ0) is 18.9. The first-order valence-electron chi connectivity index (χ1n) is 8.50. The molecule has 3 rings (SSSR count). The van der Waals surface area contributed by atoms with Crippen LogP contribution in [0.25, 0.3) is 5.82 Å². The van der Waals surface area contributed by atoms with Gasteiger partial charge in [0, 0.05) is 31.0 Å². The quantitative estimate of drug-likeness (QED) is 0.859. The topological polar surface area (TPSA) is 97.2 Å². The van der Waals surface area contributed by atoms with E-state index in [9.17, 15) is 13.2 Å². The van der Waals surface area contributed by atoms with Crippen molar-refractivity contribution >= 4 is 15.9 Å². The molecule has 1 aliphatic heterocycles. The van der Waals surface area contributed by atoms with Crippen LogP contribution in [-0.4, -0.2) is 58.8 Å². The predicted molar refractivity (Wildman–Crippen MR) is 97.7 cm³/mol. The van der Waals surface area contributed by atoms with Gasteiger partial charge >= 0.3 is 0 Å². The average Bonchev–Trinajstić information content (AvgIpc) is 2.93. The minimum Gasteiger partial charge on any atom is -0.349 e. The summed E-state index contributed by atoms with van der Waals surface area (Å²) >= 11 is 0. The van der Waals surface area contributed by atoms with Crippen molar-refractivity contribution in [2.24, 2.45) is 0 Å². The average molecular weight is 377 g/mol. The Morgan fingerprint density at radius 1 is 1.23 bits per heavy atom. The lowest BCUT2D eigenvalue weighted by molar-refractivity contribution is 0.0923. The Hall–Kier alpha value is -2.26. The molecule has 1 saturated heterocycles. The fourth-order valence-electron chi connectivity index (χ4n) is 3.11. The van der Waals surface area contributed by atoms with Gasteiger partial charge in [-0.1, -0.05) is 0 Å². The van der Waals surface area contributed by atoms with Gasteiger partial charge in [-0.05, 0) is 44.9 Å². The number of amides is 1. The van der Waals surface area contributed by atoms with E-state index in [0.29, 0.717) is 37.3 Å². The zero-order valence-corrected chi connectivity index (χ0v) is 16.0. The molecule has 0 saturated carbocycles. The molecule has 0 aromatic carbocycles. The van der Waals surface area contributed by atoms with Gasteiger partial charge in [-0.2, -0.15) is 5.10 Å². The molecule has 1 N–H and O–H groups in total. The number of pyridine rings is 1. The lowest BCUT2D eigenvalue weighted by atomic mass is 10.1. The van der Waals surface area contributed by atoms with Crippen LogP contribution in [0.3, 0.4) is 0 Å². The van der Waals surface area contributed by atoms with Gasteiger partial charge in [0.05, 0.1) is 17.5 Å². The number of aryl methyl sites for hydroxylation is 2. The molecule has 1 amide bonds. The van der Waals surface area contributed by atoms with E-state index in [0.717, 1.165) is 11.4 Å².